The largest absolute Gasteiger partial charge is 0.458 e. The van der Waals surface area contributed by atoms with E-state index in [1.807, 2.05) is 20.8 Å². The first-order valence-electron chi connectivity index (χ1n) is 11.3. The zero-order chi connectivity index (χ0) is 25.1. The van der Waals surface area contributed by atoms with E-state index >= 15 is 0 Å². The standard InChI is InChI=1S/C24H38O9/c1-4-18(25)10-7-13-22(28)31-16-21(33-24(30)15-9-12-20(27)6-3)17-32-23(29)14-8-11-19(26)5-2/h7-9,13-15,18-21,25-27H,4-6,10-12,16-17H2,1-3H3. The summed E-state index contributed by atoms with van der Waals surface area (Å²) in [5.41, 5.74) is 0. The monoisotopic (exact) mass is 470 g/mol. The van der Waals surface area contributed by atoms with Gasteiger partial charge in [-0.25, -0.2) is 14.4 Å². The van der Waals surface area contributed by atoms with Crippen LogP contribution >= 0.6 is 0 Å². The van der Waals surface area contributed by atoms with Crippen molar-refractivity contribution < 1.29 is 43.9 Å². The van der Waals surface area contributed by atoms with Gasteiger partial charge in [0.25, 0.3) is 0 Å². The van der Waals surface area contributed by atoms with Gasteiger partial charge in [-0.2, -0.15) is 0 Å². The lowest BCUT2D eigenvalue weighted by atomic mass is 10.2. The highest BCUT2D eigenvalue weighted by Gasteiger charge is 2.17. The molecular weight excluding hydrogens is 432 g/mol. The van der Waals surface area contributed by atoms with E-state index in [2.05, 4.69) is 0 Å². The van der Waals surface area contributed by atoms with Crippen molar-refractivity contribution in [3.63, 3.8) is 0 Å². The predicted octanol–water partition coefficient (Wildman–Crippen LogP) is 2.14. The minimum atomic E-state index is -1.05. The van der Waals surface area contributed by atoms with Crippen LogP contribution in [0.2, 0.25) is 0 Å². The lowest BCUT2D eigenvalue weighted by molar-refractivity contribution is -0.160. The summed E-state index contributed by atoms with van der Waals surface area (Å²) in [6.45, 7) is 4.75. The van der Waals surface area contributed by atoms with Gasteiger partial charge >= 0.3 is 17.9 Å². The number of hydrogen-bond donors (Lipinski definition) is 3. The fourth-order valence-corrected chi connectivity index (χ4v) is 2.23. The smallest absolute Gasteiger partial charge is 0.330 e. The maximum Gasteiger partial charge on any atom is 0.330 e. The molecule has 0 rings (SSSR count). The molecule has 188 valence electrons. The molecule has 3 atom stereocenters. The van der Waals surface area contributed by atoms with Gasteiger partial charge in [0.15, 0.2) is 6.10 Å². The quantitative estimate of drug-likeness (QED) is 0.166. The van der Waals surface area contributed by atoms with Crippen molar-refractivity contribution in [2.24, 2.45) is 0 Å². The molecule has 3 N–H and O–H groups in total. The molecule has 0 aromatic rings. The molecule has 3 unspecified atom stereocenters. The zero-order valence-electron chi connectivity index (χ0n) is 19.7. The summed E-state index contributed by atoms with van der Waals surface area (Å²) in [4.78, 5) is 35.7. The summed E-state index contributed by atoms with van der Waals surface area (Å²) < 4.78 is 15.3. The molecule has 0 radical (unpaired) electrons. The molecule has 33 heavy (non-hydrogen) atoms. The van der Waals surface area contributed by atoms with E-state index in [0.717, 1.165) is 18.2 Å². The Bertz CT molecular complexity index is 616. The fraction of sp³-hybridized carbons (Fsp3) is 0.625. The van der Waals surface area contributed by atoms with E-state index in [4.69, 9.17) is 14.2 Å². The third-order valence-corrected chi connectivity index (χ3v) is 4.51. The van der Waals surface area contributed by atoms with E-state index in [-0.39, 0.29) is 19.6 Å². The Morgan fingerprint density at radius 1 is 0.636 bits per heavy atom. The van der Waals surface area contributed by atoms with Crippen molar-refractivity contribution in [2.75, 3.05) is 13.2 Å². The van der Waals surface area contributed by atoms with Gasteiger partial charge in [-0.1, -0.05) is 39.0 Å². The summed E-state index contributed by atoms with van der Waals surface area (Å²) >= 11 is 0. The molecule has 0 spiro atoms. The maximum atomic E-state index is 12.0. The zero-order valence-corrected chi connectivity index (χ0v) is 19.7. The molecule has 0 aliphatic carbocycles. The van der Waals surface area contributed by atoms with Crippen molar-refractivity contribution in [3.8, 4) is 0 Å². The Labute approximate surface area is 195 Å². The molecule has 0 fully saturated rings. The van der Waals surface area contributed by atoms with Crippen LogP contribution in [0.1, 0.15) is 59.3 Å². The molecule has 0 heterocycles. The second-order valence-electron chi connectivity index (χ2n) is 7.42. The van der Waals surface area contributed by atoms with Gasteiger partial charge in [-0.05, 0) is 38.5 Å². The highest BCUT2D eigenvalue weighted by atomic mass is 16.6. The van der Waals surface area contributed by atoms with Crippen molar-refractivity contribution in [1.82, 2.24) is 0 Å². The van der Waals surface area contributed by atoms with Crippen LogP contribution in [0.15, 0.2) is 36.5 Å². The Balaban J connectivity index is 4.82. The number of esters is 3. The molecule has 0 saturated carbocycles. The van der Waals surface area contributed by atoms with Crippen LogP contribution in [0, 0.1) is 0 Å². The van der Waals surface area contributed by atoms with Gasteiger partial charge in [0.05, 0.1) is 18.3 Å². The van der Waals surface area contributed by atoms with E-state index in [1.54, 1.807) is 0 Å². The van der Waals surface area contributed by atoms with Crippen molar-refractivity contribution in [1.29, 1.82) is 0 Å². The number of rotatable bonds is 17. The molecule has 0 amide bonds. The number of aliphatic hydroxyl groups excluding tert-OH is 3. The van der Waals surface area contributed by atoms with E-state index in [9.17, 15) is 29.7 Å². The molecule has 0 saturated heterocycles. The van der Waals surface area contributed by atoms with Crippen molar-refractivity contribution in [3.05, 3.63) is 36.5 Å². The summed E-state index contributed by atoms with van der Waals surface area (Å²) in [6.07, 6.45) is 7.72. The van der Waals surface area contributed by atoms with Gasteiger partial charge in [0.2, 0.25) is 0 Å². The SMILES string of the molecule is CCC(O)CC=CC(=O)OCC(COC(=O)C=CCC(O)CC)OC(=O)C=CCC(O)CC. The summed E-state index contributed by atoms with van der Waals surface area (Å²) in [5.74, 6) is -2.12. The number of ether oxygens (including phenoxy) is 3. The van der Waals surface area contributed by atoms with Crippen molar-refractivity contribution in [2.45, 2.75) is 83.7 Å². The number of aliphatic hydroxyl groups is 3. The van der Waals surface area contributed by atoms with E-state index in [1.165, 1.54) is 18.2 Å². The van der Waals surface area contributed by atoms with Crippen LogP contribution in [-0.4, -0.2) is 70.9 Å². The Hall–Kier alpha value is -2.49. The summed E-state index contributed by atoms with van der Waals surface area (Å²) in [7, 11) is 0. The summed E-state index contributed by atoms with van der Waals surface area (Å²) in [6, 6.07) is 0. The van der Waals surface area contributed by atoms with E-state index in [0.29, 0.717) is 32.1 Å². The molecule has 0 bridgehead atoms. The maximum absolute atomic E-state index is 12.0. The van der Waals surface area contributed by atoms with Gasteiger partial charge in [0.1, 0.15) is 13.2 Å². The van der Waals surface area contributed by atoms with Gasteiger partial charge in [-0.3, -0.25) is 0 Å². The highest BCUT2D eigenvalue weighted by molar-refractivity contribution is 5.83. The first-order chi connectivity index (χ1) is 15.7. The van der Waals surface area contributed by atoms with Gasteiger partial charge in [0, 0.05) is 18.2 Å². The number of carbonyl (C=O) groups excluding carboxylic acids is 3. The van der Waals surface area contributed by atoms with Crippen LogP contribution in [0.4, 0.5) is 0 Å². The first-order valence-corrected chi connectivity index (χ1v) is 11.3. The normalized spacial score (nSPS) is 15.5. The Kier molecular flexibility index (Phi) is 17.6. The highest BCUT2D eigenvalue weighted by Crippen LogP contribution is 2.03. The topological polar surface area (TPSA) is 140 Å². The van der Waals surface area contributed by atoms with Crippen LogP contribution in [0.3, 0.4) is 0 Å². The molecule has 0 aromatic heterocycles. The lowest BCUT2D eigenvalue weighted by Crippen LogP contribution is -2.30. The lowest BCUT2D eigenvalue weighted by Gasteiger charge is -2.16. The second kappa shape index (κ2) is 19.0. The minimum Gasteiger partial charge on any atom is -0.458 e. The average Bonchev–Trinajstić information content (AvgIpc) is 2.80. The molecule has 0 aliphatic heterocycles. The second-order valence-corrected chi connectivity index (χ2v) is 7.42. The molecule has 0 aromatic carbocycles. The first kappa shape index (κ1) is 30.5. The Morgan fingerprint density at radius 2 is 0.970 bits per heavy atom. The number of carbonyl (C=O) groups is 3. The average molecular weight is 471 g/mol. The third-order valence-electron chi connectivity index (χ3n) is 4.51. The third kappa shape index (κ3) is 17.7. The van der Waals surface area contributed by atoms with E-state index < -0.39 is 42.3 Å². The predicted molar refractivity (Wildman–Crippen MR) is 122 cm³/mol. The van der Waals surface area contributed by atoms with Gasteiger partial charge in [-0.15, -0.1) is 0 Å². The van der Waals surface area contributed by atoms with Crippen molar-refractivity contribution >= 4 is 17.9 Å². The van der Waals surface area contributed by atoms with Crippen LogP contribution in [0.5, 0.6) is 0 Å². The number of hydrogen-bond acceptors (Lipinski definition) is 9. The van der Waals surface area contributed by atoms with Crippen LogP contribution in [0.25, 0.3) is 0 Å². The minimum absolute atomic E-state index is 0.281. The molecule has 9 heteroatoms. The fourth-order valence-electron chi connectivity index (χ4n) is 2.23. The molecular formula is C24H38O9. The summed E-state index contributed by atoms with van der Waals surface area (Å²) in [5, 5.41) is 28.5. The van der Waals surface area contributed by atoms with Crippen LogP contribution < -0.4 is 0 Å². The molecule has 9 nitrogen and oxygen atoms in total. The Morgan fingerprint density at radius 3 is 1.30 bits per heavy atom. The van der Waals surface area contributed by atoms with Gasteiger partial charge < -0.3 is 29.5 Å². The van der Waals surface area contributed by atoms with Crippen LogP contribution in [-0.2, 0) is 28.6 Å². The molecule has 0 aliphatic rings.